The van der Waals surface area contributed by atoms with Gasteiger partial charge in [0.25, 0.3) is 0 Å². The van der Waals surface area contributed by atoms with E-state index in [1.54, 1.807) is 17.5 Å². The van der Waals surface area contributed by atoms with Crippen LogP contribution in [0.3, 0.4) is 0 Å². The van der Waals surface area contributed by atoms with Crippen molar-refractivity contribution in [3.05, 3.63) is 41.8 Å². The zero-order valence-corrected chi connectivity index (χ0v) is 17.6. The first kappa shape index (κ1) is 22.1. The predicted octanol–water partition coefficient (Wildman–Crippen LogP) is 5.19. The molecule has 2 atom stereocenters. The van der Waals surface area contributed by atoms with E-state index >= 15 is 0 Å². The van der Waals surface area contributed by atoms with Crippen LogP contribution in [0.5, 0.6) is 0 Å². The molecular weight excluding hydrogens is 372 g/mol. The maximum atomic E-state index is 11.7. The van der Waals surface area contributed by atoms with E-state index in [1.807, 2.05) is 12.1 Å². The molecule has 0 aliphatic heterocycles. The lowest BCUT2D eigenvalue weighted by Gasteiger charge is -2.21. The first-order valence-corrected chi connectivity index (χ1v) is 12.0. The number of amidine groups is 1. The highest BCUT2D eigenvalue weighted by molar-refractivity contribution is 8.17. The third-order valence-corrected chi connectivity index (χ3v) is 6.74. The number of nitrogens with zero attached hydrogens (tertiary/aromatic N) is 1. The number of hydrogen-bond acceptors (Lipinski definition) is 5. The molecule has 0 aromatic heterocycles. The summed E-state index contributed by atoms with van der Waals surface area (Å²) >= 11 is 2.75. The van der Waals surface area contributed by atoms with Crippen LogP contribution in [-0.4, -0.2) is 19.8 Å². The molecule has 0 saturated heterocycles. The van der Waals surface area contributed by atoms with Crippen molar-refractivity contribution in [2.45, 2.75) is 49.7 Å². The highest BCUT2D eigenvalue weighted by Crippen LogP contribution is 2.38. The fraction of sp³-hybridized carbons (Fsp3) is 0.500. The number of thioether (sulfide) groups is 1. The minimum absolute atomic E-state index is 0.147. The lowest BCUT2D eigenvalue weighted by Crippen LogP contribution is -2.07. The maximum Gasteiger partial charge on any atom is 0.175 e. The van der Waals surface area contributed by atoms with Crippen molar-refractivity contribution < 1.29 is 8.42 Å². The minimum Gasteiger partial charge on any atom is -0.378 e. The molecule has 0 amide bonds. The van der Waals surface area contributed by atoms with Crippen LogP contribution in [0.15, 0.2) is 45.5 Å². The summed E-state index contributed by atoms with van der Waals surface area (Å²) < 4.78 is 27.7. The van der Waals surface area contributed by atoms with Gasteiger partial charge >= 0.3 is 0 Å². The Hall–Kier alpha value is -0.920. The molecule has 0 aliphatic rings. The Balaban J connectivity index is 3.03. The van der Waals surface area contributed by atoms with Crippen molar-refractivity contribution in [1.29, 1.82) is 0 Å². The van der Waals surface area contributed by atoms with Crippen molar-refractivity contribution in [2.24, 2.45) is 16.0 Å². The molecule has 0 spiro atoms. The van der Waals surface area contributed by atoms with Crippen LogP contribution >= 0.6 is 23.7 Å². The van der Waals surface area contributed by atoms with Gasteiger partial charge in [-0.05, 0) is 47.4 Å². The highest BCUT2D eigenvalue weighted by atomic mass is 32.2. The smallest absolute Gasteiger partial charge is 0.175 e. The molecule has 25 heavy (non-hydrogen) atoms. The van der Waals surface area contributed by atoms with E-state index in [9.17, 15) is 8.42 Å². The van der Waals surface area contributed by atoms with Crippen LogP contribution < -0.4 is 5.73 Å². The second kappa shape index (κ2) is 10.9. The van der Waals surface area contributed by atoms with Crippen LogP contribution in [0.1, 0.15) is 50.3 Å². The summed E-state index contributed by atoms with van der Waals surface area (Å²) in [6, 6.07) is 7.12. The van der Waals surface area contributed by atoms with Gasteiger partial charge in [0.2, 0.25) is 0 Å². The number of nitrogens with two attached hydrogens (primary N) is 1. The molecule has 1 rings (SSSR count). The maximum absolute atomic E-state index is 11.7. The zero-order chi connectivity index (χ0) is 18.9. The Kier molecular flexibility index (Phi) is 9.67. The standard InChI is InChI=1S/C18H28N2O2S3/c1-5-8-14(6-2)13-17(24-20-18(19)23-7-3)15-9-11-16(12-10-15)25(4,21)22/h7,9-12,14,17H,3,5-6,8,13H2,1-2,4H3,(H2,19,20). The first-order chi connectivity index (χ1) is 11.8. The van der Waals surface area contributed by atoms with E-state index in [-0.39, 0.29) is 5.25 Å². The third kappa shape index (κ3) is 7.88. The zero-order valence-electron chi connectivity index (χ0n) is 15.1. The summed E-state index contributed by atoms with van der Waals surface area (Å²) in [6.07, 6.45) is 5.66. The lowest BCUT2D eigenvalue weighted by molar-refractivity contribution is 0.429. The summed E-state index contributed by atoms with van der Waals surface area (Å²) in [6.45, 7) is 8.05. The van der Waals surface area contributed by atoms with E-state index in [1.165, 1.54) is 36.4 Å². The van der Waals surface area contributed by atoms with Crippen LogP contribution in [0.25, 0.3) is 0 Å². The monoisotopic (exact) mass is 400 g/mol. The van der Waals surface area contributed by atoms with E-state index < -0.39 is 9.84 Å². The van der Waals surface area contributed by atoms with Crippen molar-refractivity contribution in [1.82, 2.24) is 0 Å². The van der Waals surface area contributed by atoms with Crippen molar-refractivity contribution in [2.75, 3.05) is 6.26 Å². The average Bonchev–Trinajstić information content (AvgIpc) is 2.57. The molecule has 140 valence electrons. The van der Waals surface area contributed by atoms with E-state index in [0.717, 1.165) is 24.8 Å². The molecular formula is C18H28N2O2S3. The average molecular weight is 401 g/mol. The Morgan fingerprint density at radius 1 is 1.32 bits per heavy atom. The molecule has 7 heteroatoms. The Morgan fingerprint density at radius 2 is 1.96 bits per heavy atom. The minimum atomic E-state index is -3.18. The quantitative estimate of drug-likeness (QED) is 0.332. The van der Waals surface area contributed by atoms with Gasteiger partial charge < -0.3 is 5.73 Å². The van der Waals surface area contributed by atoms with Crippen LogP contribution in [0, 0.1) is 5.92 Å². The van der Waals surface area contributed by atoms with Crippen LogP contribution in [0.4, 0.5) is 0 Å². The molecule has 4 nitrogen and oxygen atoms in total. The van der Waals surface area contributed by atoms with E-state index in [2.05, 4.69) is 24.8 Å². The third-order valence-electron chi connectivity index (χ3n) is 3.98. The summed E-state index contributed by atoms with van der Waals surface area (Å²) in [7, 11) is -3.18. The fourth-order valence-corrected chi connectivity index (χ4v) is 4.56. The van der Waals surface area contributed by atoms with Gasteiger partial charge in [-0.15, -0.1) is 0 Å². The normalized spacial score (nSPS) is 14.9. The van der Waals surface area contributed by atoms with E-state index in [4.69, 9.17) is 5.73 Å². The number of sulfone groups is 1. The van der Waals surface area contributed by atoms with Crippen LogP contribution in [0.2, 0.25) is 0 Å². The topological polar surface area (TPSA) is 72.5 Å². The van der Waals surface area contributed by atoms with Gasteiger partial charge in [-0.25, -0.2) is 8.42 Å². The van der Waals surface area contributed by atoms with Gasteiger partial charge in [0.05, 0.1) is 10.1 Å². The van der Waals surface area contributed by atoms with E-state index in [0.29, 0.717) is 16.0 Å². The molecule has 0 radical (unpaired) electrons. The highest BCUT2D eigenvalue weighted by Gasteiger charge is 2.19. The Morgan fingerprint density at radius 3 is 2.44 bits per heavy atom. The number of rotatable bonds is 10. The van der Waals surface area contributed by atoms with Crippen molar-refractivity contribution >= 4 is 38.7 Å². The summed E-state index contributed by atoms with van der Waals surface area (Å²) in [5.74, 6) is 0.612. The fourth-order valence-electron chi connectivity index (χ4n) is 2.59. The van der Waals surface area contributed by atoms with Gasteiger partial charge in [0.1, 0.15) is 0 Å². The summed E-state index contributed by atoms with van der Waals surface area (Å²) in [5, 5.41) is 2.27. The molecule has 0 fully saturated rings. The largest absolute Gasteiger partial charge is 0.378 e. The molecule has 0 aliphatic carbocycles. The second-order valence-corrected chi connectivity index (χ2v) is 9.91. The molecule has 0 bridgehead atoms. The molecule has 1 aromatic rings. The first-order valence-electron chi connectivity index (χ1n) is 8.38. The van der Waals surface area contributed by atoms with Crippen LogP contribution in [-0.2, 0) is 9.84 Å². The number of hydrogen-bond donors (Lipinski definition) is 1. The van der Waals surface area contributed by atoms with Gasteiger partial charge in [-0.2, -0.15) is 4.40 Å². The summed E-state index contributed by atoms with van der Waals surface area (Å²) in [4.78, 5) is 0.339. The summed E-state index contributed by atoms with van der Waals surface area (Å²) in [5.41, 5.74) is 6.93. The van der Waals surface area contributed by atoms with Crippen molar-refractivity contribution in [3.8, 4) is 0 Å². The van der Waals surface area contributed by atoms with Gasteiger partial charge in [-0.1, -0.05) is 63.6 Å². The predicted molar refractivity (Wildman–Crippen MR) is 113 cm³/mol. The Bertz CT molecular complexity index is 670. The molecule has 0 saturated carbocycles. The molecule has 1 aromatic carbocycles. The molecule has 0 heterocycles. The van der Waals surface area contributed by atoms with Crippen molar-refractivity contribution in [3.63, 3.8) is 0 Å². The van der Waals surface area contributed by atoms with Gasteiger partial charge in [0.15, 0.2) is 15.0 Å². The lowest BCUT2D eigenvalue weighted by atomic mass is 9.93. The van der Waals surface area contributed by atoms with Gasteiger partial charge in [0, 0.05) is 6.26 Å². The van der Waals surface area contributed by atoms with Gasteiger partial charge in [-0.3, -0.25) is 0 Å². The number of benzene rings is 1. The molecule has 2 N–H and O–H groups in total. The molecule has 2 unspecified atom stereocenters. The SMILES string of the molecule is C=CS/C(N)=N\SC(CC(CC)CCC)c1ccc(S(C)(=O)=O)cc1. The second-order valence-electron chi connectivity index (χ2n) is 5.95. The Labute approximate surface area is 160 Å².